The summed E-state index contributed by atoms with van der Waals surface area (Å²) in [5.41, 5.74) is 1.57. The van der Waals surface area contributed by atoms with E-state index < -0.39 is 0 Å². The summed E-state index contributed by atoms with van der Waals surface area (Å²) in [6.07, 6.45) is 17.4. The summed E-state index contributed by atoms with van der Waals surface area (Å²) in [4.78, 5) is 17.6. The predicted molar refractivity (Wildman–Crippen MR) is 97.4 cm³/mol. The van der Waals surface area contributed by atoms with Crippen molar-refractivity contribution in [2.75, 3.05) is 26.2 Å². The van der Waals surface area contributed by atoms with Gasteiger partial charge in [0.05, 0.1) is 6.54 Å². The highest BCUT2D eigenvalue weighted by Crippen LogP contribution is 2.56. The maximum absolute atomic E-state index is 13.1. The normalized spacial score (nSPS) is 33.2. The first kappa shape index (κ1) is 16.4. The van der Waals surface area contributed by atoms with Gasteiger partial charge < -0.3 is 4.90 Å². The van der Waals surface area contributed by atoms with Gasteiger partial charge in [-0.15, -0.1) is 0 Å². The number of carbonyl (C=O) groups excluding carboxylic acids is 1. The Hall–Kier alpha value is -1.09. The molecule has 1 saturated heterocycles. The molecule has 0 aromatic rings. The fraction of sp³-hybridized carbons (Fsp3) is 0.762. The Kier molecular flexibility index (Phi) is 4.55. The molecule has 132 valence electrons. The highest BCUT2D eigenvalue weighted by molar-refractivity contribution is 5.80. The maximum Gasteiger partial charge on any atom is 0.241 e. The van der Waals surface area contributed by atoms with E-state index in [4.69, 9.17) is 0 Å². The van der Waals surface area contributed by atoms with Crippen LogP contribution >= 0.6 is 0 Å². The minimum absolute atomic E-state index is 0.322. The van der Waals surface area contributed by atoms with E-state index in [9.17, 15) is 4.79 Å². The van der Waals surface area contributed by atoms with Crippen LogP contribution < -0.4 is 0 Å². The first-order chi connectivity index (χ1) is 11.6. The van der Waals surface area contributed by atoms with E-state index in [2.05, 4.69) is 35.0 Å². The number of hydrogen-bond donors (Lipinski definition) is 0. The van der Waals surface area contributed by atoms with Crippen LogP contribution in [-0.2, 0) is 4.79 Å². The summed E-state index contributed by atoms with van der Waals surface area (Å²) < 4.78 is 0. The molecule has 1 heterocycles. The second-order valence-electron chi connectivity index (χ2n) is 8.73. The molecule has 1 aliphatic heterocycles. The second kappa shape index (κ2) is 6.67. The van der Waals surface area contributed by atoms with Gasteiger partial charge in [0.25, 0.3) is 0 Å². The van der Waals surface area contributed by atoms with Crippen LogP contribution in [-0.4, -0.2) is 41.9 Å². The van der Waals surface area contributed by atoms with Crippen molar-refractivity contribution < 1.29 is 4.79 Å². The Balaban J connectivity index is 1.47. The first-order valence-corrected chi connectivity index (χ1v) is 10.1. The van der Waals surface area contributed by atoms with E-state index in [1.54, 1.807) is 0 Å². The van der Waals surface area contributed by atoms with Crippen LogP contribution in [0.5, 0.6) is 0 Å². The summed E-state index contributed by atoms with van der Waals surface area (Å²) in [6, 6.07) is 0. The van der Waals surface area contributed by atoms with Gasteiger partial charge in [0.2, 0.25) is 5.91 Å². The third-order valence-electron chi connectivity index (χ3n) is 6.69. The lowest BCUT2D eigenvalue weighted by Gasteiger charge is -2.32. The number of amides is 1. The third kappa shape index (κ3) is 3.46. The number of carbonyl (C=O) groups is 1. The molecule has 1 amide bonds. The number of likely N-dealkylation sites (tertiary alicyclic amines) is 1. The molecular formula is C21H32N2O. The number of rotatable bonds is 5. The maximum atomic E-state index is 13.1. The summed E-state index contributed by atoms with van der Waals surface area (Å²) in [7, 11) is 0. The Morgan fingerprint density at radius 2 is 1.96 bits per heavy atom. The molecule has 24 heavy (non-hydrogen) atoms. The highest BCUT2D eigenvalue weighted by Gasteiger charge is 2.48. The SMILES string of the molecule is CC12C=CC(N(CC3CCCCC3)C(=O)CN3CCCC3)=CC1C2. The molecule has 4 rings (SSSR count). The lowest BCUT2D eigenvalue weighted by atomic mass is 9.88. The lowest BCUT2D eigenvalue weighted by molar-refractivity contribution is -0.130. The van der Waals surface area contributed by atoms with Gasteiger partial charge in [-0.2, -0.15) is 0 Å². The molecule has 2 unspecified atom stereocenters. The number of nitrogens with zero attached hydrogens (tertiary/aromatic N) is 2. The third-order valence-corrected chi connectivity index (χ3v) is 6.69. The van der Waals surface area contributed by atoms with Crippen molar-refractivity contribution in [2.45, 2.75) is 58.3 Å². The number of fused-ring (bicyclic) bond motifs is 1. The Labute approximate surface area is 146 Å². The van der Waals surface area contributed by atoms with Gasteiger partial charge >= 0.3 is 0 Å². The van der Waals surface area contributed by atoms with E-state index in [1.807, 2.05) is 0 Å². The molecular weight excluding hydrogens is 296 g/mol. The van der Waals surface area contributed by atoms with E-state index in [1.165, 1.54) is 57.1 Å². The largest absolute Gasteiger partial charge is 0.311 e. The summed E-state index contributed by atoms with van der Waals surface area (Å²) in [5, 5.41) is 0. The summed E-state index contributed by atoms with van der Waals surface area (Å²) in [5.74, 6) is 1.68. The smallest absolute Gasteiger partial charge is 0.241 e. The zero-order valence-corrected chi connectivity index (χ0v) is 15.2. The molecule has 0 N–H and O–H groups in total. The van der Waals surface area contributed by atoms with Gasteiger partial charge in [-0.05, 0) is 68.5 Å². The Bertz CT molecular complexity index is 540. The number of hydrogen-bond acceptors (Lipinski definition) is 2. The summed E-state index contributed by atoms with van der Waals surface area (Å²) >= 11 is 0. The molecule has 0 bridgehead atoms. The van der Waals surface area contributed by atoms with Crippen molar-refractivity contribution in [3.8, 4) is 0 Å². The van der Waals surface area contributed by atoms with Crippen LogP contribution in [0.25, 0.3) is 0 Å². The van der Waals surface area contributed by atoms with E-state index >= 15 is 0 Å². The average molecular weight is 329 g/mol. The van der Waals surface area contributed by atoms with Crippen molar-refractivity contribution in [1.29, 1.82) is 0 Å². The quantitative estimate of drug-likeness (QED) is 0.762. The first-order valence-electron chi connectivity index (χ1n) is 10.1. The number of allylic oxidation sites excluding steroid dienone is 3. The highest BCUT2D eigenvalue weighted by atomic mass is 16.2. The zero-order chi connectivity index (χ0) is 16.6. The van der Waals surface area contributed by atoms with Crippen molar-refractivity contribution in [2.24, 2.45) is 17.3 Å². The van der Waals surface area contributed by atoms with Crippen LogP contribution in [0.3, 0.4) is 0 Å². The van der Waals surface area contributed by atoms with Crippen LogP contribution in [0.2, 0.25) is 0 Å². The monoisotopic (exact) mass is 328 g/mol. The zero-order valence-electron chi connectivity index (χ0n) is 15.2. The van der Waals surface area contributed by atoms with Crippen LogP contribution in [0.1, 0.15) is 58.3 Å². The minimum Gasteiger partial charge on any atom is -0.311 e. The molecule has 3 aliphatic carbocycles. The van der Waals surface area contributed by atoms with E-state index in [-0.39, 0.29) is 0 Å². The van der Waals surface area contributed by atoms with Crippen LogP contribution in [0, 0.1) is 17.3 Å². The van der Waals surface area contributed by atoms with E-state index in [0.717, 1.165) is 19.6 Å². The van der Waals surface area contributed by atoms with Gasteiger partial charge in [0.15, 0.2) is 0 Å². The molecule has 3 nitrogen and oxygen atoms in total. The Morgan fingerprint density at radius 3 is 2.67 bits per heavy atom. The van der Waals surface area contributed by atoms with E-state index in [0.29, 0.717) is 29.7 Å². The molecule has 0 spiro atoms. The molecule has 2 saturated carbocycles. The minimum atomic E-state index is 0.322. The van der Waals surface area contributed by atoms with Gasteiger partial charge in [0.1, 0.15) is 0 Å². The molecule has 3 heteroatoms. The molecule has 2 atom stereocenters. The molecule has 4 aliphatic rings. The van der Waals surface area contributed by atoms with Gasteiger partial charge in [-0.1, -0.05) is 38.3 Å². The average Bonchev–Trinajstić information content (AvgIpc) is 2.99. The standard InChI is InChI=1S/C21H32N2O/c1-21-10-9-19(13-18(21)14-21)23(15-17-7-3-2-4-8-17)20(24)16-22-11-5-6-12-22/h9-10,13,17-18H,2-8,11-12,14-16H2,1H3. The van der Waals surface area contributed by atoms with Crippen molar-refractivity contribution in [1.82, 2.24) is 9.80 Å². The lowest BCUT2D eigenvalue weighted by Crippen LogP contribution is -2.41. The van der Waals surface area contributed by atoms with Gasteiger partial charge in [-0.3, -0.25) is 9.69 Å². The fourth-order valence-electron chi connectivity index (χ4n) is 4.77. The van der Waals surface area contributed by atoms with Gasteiger partial charge in [-0.25, -0.2) is 0 Å². The van der Waals surface area contributed by atoms with Crippen molar-refractivity contribution >= 4 is 5.91 Å². The van der Waals surface area contributed by atoms with Gasteiger partial charge in [0, 0.05) is 12.2 Å². The predicted octanol–water partition coefficient (Wildman–Crippen LogP) is 3.97. The fourth-order valence-corrected chi connectivity index (χ4v) is 4.77. The molecule has 0 radical (unpaired) electrons. The summed E-state index contributed by atoms with van der Waals surface area (Å²) in [6.45, 7) is 6.07. The van der Waals surface area contributed by atoms with Crippen LogP contribution in [0.4, 0.5) is 0 Å². The van der Waals surface area contributed by atoms with Crippen LogP contribution in [0.15, 0.2) is 23.9 Å². The topological polar surface area (TPSA) is 23.6 Å². The molecule has 0 aromatic heterocycles. The Morgan fingerprint density at radius 1 is 1.21 bits per heavy atom. The molecule has 0 aromatic carbocycles. The van der Waals surface area contributed by atoms with Crippen molar-refractivity contribution in [3.63, 3.8) is 0 Å². The second-order valence-corrected chi connectivity index (χ2v) is 8.73. The van der Waals surface area contributed by atoms with Crippen molar-refractivity contribution in [3.05, 3.63) is 23.9 Å². The molecule has 3 fully saturated rings.